The van der Waals surface area contributed by atoms with Gasteiger partial charge in [-0.3, -0.25) is 4.79 Å². The summed E-state index contributed by atoms with van der Waals surface area (Å²) in [6, 6.07) is 11.2. The number of quaternary nitrogens is 1. The number of carbonyl (C=O) groups is 1. The summed E-state index contributed by atoms with van der Waals surface area (Å²) in [5.74, 6) is 0.257. The van der Waals surface area contributed by atoms with E-state index in [-0.39, 0.29) is 17.4 Å². The highest BCUT2D eigenvalue weighted by molar-refractivity contribution is 7.10. The zero-order valence-corrected chi connectivity index (χ0v) is 17.9. The van der Waals surface area contributed by atoms with Gasteiger partial charge in [0.05, 0.1) is 12.6 Å². The lowest BCUT2D eigenvalue weighted by atomic mass is 9.85. The number of hydrogen-bond donors (Lipinski definition) is 1. The molecule has 0 spiro atoms. The lowest BCUT2D eigenvalue weighted by molar-refractivity contribution is -0.644. The first kappa shape index (κ1) is 20.1. The van der Waals surface area contributed by atoms with Crippen molar-refractivity contribution in [2.75, 3.05) is 19.6 Å². The van der Waals surface area contributed by atoms with Crippen molar-refractivity contribution in [1.29, 1.82) is 0 Å². The number of amides is 1. The highest BCUT2D eigenvalue weighted by Gasteiger charge is 2.33. The molecular formula is C23H33N2OS+. The van der Waals surface area contributed by atoms with Crippen LogP contribution < -0.4 is 5.32 Å². The normalized spacial score (nSPS) is 17.0. The first-order valence-electron chi connectivity index (χ1n) is 10.2. The second-order valence-electron chi connectivity index (χ2n) is 8.55. The van der Waals surface area contributed by atoms with Crippen LogP contribution in [0.4, 0.5) is 0 Å². The molecule has 0 bridgehead atoms. The molecule has 1 amide bonds. The fourth-order valence-electron chi connectivity index (χ4n) is 3.80. The SMILES string of the molecule is CCCC[NH2+]CC(=O)N1CCc2sccc2[C@H]1c1ccc(C(C)(C)C)cc1. The Morgan fingerprint density at radius 3 is 2.63 bits per heavy atom. The van der Waals surface area contributed by atoms with E-state index in [2.05, 4.69) is 73.6 Å². The molecule has 27 heavy (non-hydrogen) atoms. The van der Waals surface area contributed by atoms with Gasteiger partial charge < -0.3 is 10.2 Å². The van der Waals surface area contributed by atoms with Crippen LogP contribution in [-0.4, -0.2) is 30.4 Å². The van der Waals surface area contributed by atoms with E-state index >= 15 is 0 Å². The third kappa shape index (κ3) is 4.61. The monoisotopic (exact) mass is 385 g/mol. The van der Waals surface area contributed by atoms with Crippen LogP contribution in [-0.2, 0) is 16.6 Å². The zero-order chi connectivity index (χ0) is 19.4. The quantitative estimate of drug-likeness (QED) is 0.753. The van der Waals surface area contributed by atoms with Crippen LogP contribution in [0, 0.1) is 0 Å². The van der Waals surface area contributed by atoms with E-state index < -0.39 is 0 Å². The molecule has 2 aromatic rings. The molecule has 1 aromatic carbocycles. The molecule has 0 fully saturated rings. The van der Waals surface area contributed by atoms with Crippen LogP contribution in [0.1, 0.15) is 68.1 Å². The van der Waals surface area contributed by atoms with Gasteiger partial charge in [0.15, 0.2) is 6.54 Å². The van der Waals surface area contributed by atoms with Crippen molar-refractivity contribution in [1.82, 2.24) is 4.90 Å². The van der Waals surface area contributed by atoms with Crippen LogP contribution in [0.2, 0.25) is 0 Å². The molecule has 0 saturated carbocycles. The minimum atomic E-state index is 0.0566. The van der Waals surface area contributed by atoms with Crippen molar-refractivity contribution >= 4 is 17.2 Å². The van der Waals surface area contributed by atoms with Gasteiger partial charge in [0, 0.05) is 11.4 Å². The maximum absolute atomic E-state index is 13.0. The van der Waals surface area contributed by atoms with E-state index in [4.69, 9.17) is 0 Å². The number of carbonyl (C=O) groups excluding carboxylic acids is 1. The van der Waals surface area contributed by atoms with Crippen molar-refractivity contribution in [3.8, 4) is 0 Å². The van der Waals surface area contributed by atoms with Crippen LogP contribution in [0.25, 0.3) is 0 Å². The van der Waals surface area contributed by atoms with E-state index in [1.54, 1.807) is 0 Å². The van der Waals surface area contributed by atoms with Gasteiger partial charge in [-0.05, 0) is 46.4 Å². The molecule has 0 unspecified atom stereocenters. The summed E-state index contributed by atoms with van der Waals surface area (Å²) < 4.78 is 0. The van der Waals surface area contributed by atoms with Crippen LogP contribution in [0.3, 0.4) is 0 Å². The molecule has 1 atom stereocenters. The predicted octanol–water partition coefficient (Wildman–Crippen LogP) is 3.88. The highest BCUT2D eigenvalue weighted by Crippen LogP contribution is 2.38. The number of hydrogen-bond acceptors (Lipinski definition) is 2. The Morgan fingerprint density at radius 2 is 1.96 bits per heavy atom. The van der Waals surface area contributed by atoms with Crippen molar-refractivity contribution in [3.63, 3.8) is 0 Å². The summed E-state index contributed by atoms with van der Waals surface area (Å²) in [6.45, 7) is 11.3. The van der Waals surface area contributed by atoms with E-state index in [9.17, 15) is 4.79 Å². The molecule has 1 aromatic heterocycles. The van der Waals surface area contributed by atoms with E-state index in [0.717, 1.165) is 19.5 Å². The number of unbranched alkanes of at least 4 members (excludes halogenated alkanes) is 1. The number of nitrogens with zero attached hydrogens (tertiary/aromatic N) is 1. The Kier molecular flexibility index (Phi) is 6.38. The molecule has 0 aliphatic carbocycles. The van der Waals surface area contributed by atoms with Gasteiger partial charge >= 0.3 is 0 Å². The standard InChI is InChI=1S/C23H32N2OS/c1-5-6-13-24-16-21(26)25-14-11-20-19(12-15-27-20)22(25)17-7-9-18(10-8-17)23(2,3)4/h7-10,12,15,22,24H,5-6,11,13-14,16H2,1-4H3/p+1/t22-/m1/s1. The maximum atomic E-state index is 13.0. The van der Waals surface area contributed by atoms with Gasteiger partial charge in [-0.2, -0.15) is 0 Å². The summed E-state index contributed by atoms with van der Waals surface area (Å²) >= 11 is 1.82. The van der Waals surface area contributed by atoms with Gasteiger partial charge in [0.25, 0.3) is 5.91 Å². The van der Waals surface area contributed by atoms with E-state index in [0.29, 0.717) is 6.54 Å². The number of nitrogens with two attached hydrogens (primary N) is 1. The fraction of sp³-hybridized carbons (Fsp3) is 0.522. The summed E-state index contributed by atoms with van der Waals surface area (Å²) in [7, 11) is 0. The minimum Gasteiger partial charge on any atom is -0.338 e. The van der Waals surface area contributed by atoms with Gasteiger partial charge in [0.2, 0.25) is 0 Å². The molecule has 4 heteroatoms. The molecule has 146 valence electrons. The summed E-state index contributed by atoms with van der Waals surface area (Å²) in [4.78, 5) is 16.5. The molecule has 1 aliphatic heterocycles. The fourth-order valence-corrected chi connectivity index (χ4v) is 4.71. The zero-order valence-electron chi connectivity index (χ0n) is 17.1. The van der Waals surface area contributed by atoms with Crippen molar-refractivity contribution in [2.24, 2.45) is 0 Å². The molecule has 1 aliphatic rings. The molecule has 2 N–H and O–H groups in total. The Bertz CT molecular complexity index is 757. The Morgan fingerprint density at radius 1 is 1.22 bits per heavy atom. The number of benzene rings is 1. The Hall–Kier alpha value is -1.65. The first-order chi connectivity index (χ1) is 12.9. The molecular weight excluding hydrogens is 352 g/mol. The largest absolute Gasteiger partial charge is 0.338 e. The third-order valence-electron chi connectivity index (χ3n) is 5.46. The van der Waals surface area contributed by atoms with Crippen molar-refractivity contribution < 1.29 is 10.1 Å². The smallest absolute Gasteiger partial charge is 0.278 e. The number of fused-ring (bicyclic) bond motifs is 1. The summed E-state index contributed by atoms with van der Waals surface area (Å²) in [5.41, 5.74) is 4.02. The number of rotatable bonds is 6. The lowest BCUT2D eigenvalue weighted by Gasteiger charge is -2.36. The van der Waals surface area contributed by atoms with Crippen molar-refractivity contribution in [3.05, 3.63) is 57.3 Å². The average molecular weight is 386 g/mol. The minimum absolute atomic E-state index is 0.0566. The second-order valence-corrected chi connectivity index (χ2v) is 9.55. The predicted molar refractivity (Wildman–Crippen MR) is 113 cm³/mol. The summed E-state index contributed by atoms with van der Waals surface area (Å²) in [5, 5.41) is 4.33. The highest BCUT2D eigenvalue weighted by atomic mass is 32.1. The van der Waals surface area contributed by atoms with Crippen molar-refractivity contribution in [2.45, 2.75) is 58.4 Å². The Labute approximate surface area is 167 Å². The van der Waals surface area contributed by atoms with Crippen LogP contribution >= 0.6 is 11.3 Å². The van der Waals surface area contributed by atoms with Gasteiger partial charge in [0.1, 0.15) is 0 Å². The maximum Gasteiger partial charge on any atom is 0.278 e. The number of thiophene rings is 1. The van der Waals surface area contributed by atoms with Gasteiger partial charge in [-0.1, -0.05) is 58.4 Å². The van der Waals surface area contributed by atoms with Gasteiger partial charge in [-0.25, -0.2) is 0 Å². The van der Waals surface area contributed by atoms with E-state index in [1.807, 2.05) is 11.3 Å². The van der Waals surface area contributed by atoms with Crippen LogP contribution in [0.15, 0.2) is 35.7 Å². The molecule has 2 heterocycles. The van der Waals surface area contributed by atoms with Crippen LogP contribution in [0.5, 0.6) is 0 Å². The van der Waals surface area contributed by atoms with E-state index in [1.165, 1.54) is 34.4 Å². The first-order valence-corrected chi connectivity index (χ1v) is 11.1. The lowest BCUT2D eigenvalue weighted by Crippen LogP contribution is -2.86. The molecule has 0 radical (unpaired) electrons. The Balaban J connectivity index is 1.85. The molecule has 3 nitrogen and oxygen atoms in total. The molecule has 3 rings (SSSR count). The topological polar surface area (TPSA) is 36.9 Å². The molecule has 0 saturated heterocycles. The van der Waals surface area contributed by atoms with Gasteiger partial charge in [-0.15, -0.1) is 11.3 Å². The summed E-state index contributed by atoms with van der Waals surface area (Å²) in [6.07, 6.45) is 3.32. The second kappa shape index (κ2) is 8.57. The average Bonchev–Trinajstić information content (AvgIpc) is 3.12. The third-order valence-corrected chi connectivity index (χ3v) is 6.46.